The number of rotatable bonds is 29. The minimum Gasteiger partial charge on any atom is -0.392 e. The number of aliphatic hydroxyl groups is 2. The molecular weight excluding hydrogens is 555 g/mol. The van der Waals surface area contributed by atoms with E-state index in [1.807, 2.05) is 18.2 Å². The van der Waals surface area contributed by atoms with Crippen LogP contribution in [0.1, 0.15) is 123 Å². The summed E-state index contributed by atoms with van der Waals surface area (Å²) in [6, 6.07) is -1.01. The number of amides is 1. The van der Waals surface area contributed by atoms with Crippen molar-refractivity contribution in [2.24, 2.45) is 5.73 Å². The third-order valence-electron chi connectivity index (χ3n) is 6.74. The SMILES string of the molecule is CCCCCC/C=C\CC(O)CC(=O)NC(COP(=O)(O)OCCN)C(O)/C=C/CC/C=C/CCCCCCCCC. The minimum absolute atomic E-state index is 0.0397. The molecule has 0 fully saturated rings. The Hall–Kier alpha value is -1.32. The number of hydrogen-bond acceptors (Lipinski definition) is 7. The minimum atomic E-state index is -4.40. The smallest absolute Gasteiger partial charge is 0.392 e. The molecule has 0 bridgehead atoms. The Morgan fingerprint density at radius 3 is 2.00 bits per heavy atom. The van der Waals surface area contributed by atoms with Crippen LogP contribution in [0, 0.1) is 0 Å². The number of phosphoric ester groups is 1. The normalized spacial score (nSPS) is 15.9. The first kappa shape index (κ1) is 40.7. The topological polar surface area (TPSA) is 151 Å². The van der Waals surface area contributed by atoms with Gasteiger partial charge in [-0.1, -0.05) is 108 Å². The second-order valence-corrected chi connectivity index (χ2v) is 12.3. The third kappa shape index (κ3) is 26.3. The number of aliphatic hydroxyl groups excluding tert-OH is 2. The Bertz CT molecular complexity index is 776. The third-order valence-corrected chi connectivity index (χ3v) is 7.73. The van der Waals surface area contributed by atoms with Gasteiger partial charge in [0.05, 0.1) is 37.9 Å². The van der Waals surface area contributed by atoms with Gasteiger partial charge in [0.25, 0.3) is 0 Å². The molecule has 0 rings (SSSR count). The van der Waals surface area contributed by atoms with Crippen molar-refractivity contribution in [3.63, 3.8) is 0 Å². The highest BCUT2D eigenvalue weighted by atomic mass is 31.2. The molecule has 10 heteroatoms. The standard InChI is InChI=1S/C32H61N2O7P/c1-3-5-7-9-11-12-13-14-15-16-18-20-22-24-31(36)30(28-41-42(38,39)40-26-25-33)34-32(37)27-29(35)23-21-19-17-10-8-6-4-2/h15-16,19,21-22,24,29-31,35-36H,3-14,17-18,20,23,25-28,33H2,1-2H3,(H,34,37)(H,38,39)/b16-15+,21-19-,24-22+. The lowest BCUT2D eigenvalue weighted by Crippen LogP contribution is -2.46. The predicted molar refractivity (Wildman–Crippen MR) is 172 cm³/mol. The van der Waals surface area contributed by atoms with Crippen molar-refractivity contribution in [1.82, 2.24) is 5.32 Å². The maximum Gasteiger partial charge on any atom is 0.472 e. The average Bonchev–Trinajstić information content (AvgIpc) is 2.96. The van der Waals surface area contributed by atoms with Crippen LogP contribution in [0.2, 0.25) is 0 Å². The summed E-state index contributed by atoms with van der Waals surface area (Å²) in [6.07, 6.45) is 26.9. The van der Waals surface area contributed by atoms with Crippen LogP contribution < -0.4 is 11.1 Å². The summed E-state index contributed by atoms with van der Waals surface area (Å²) in [5.41, 5.74) is 5.31. The van der Waals surface area contributed by atoms with Crippen molar-refractivity contribution in [2.75, 3.05) is 19.8 Å². The quantitative estimate of drug-likeness (QED) is 0.0357. The molecule has 4 atom stereocenters. The molecule has 1 amide bonds. The van der Waals surface area contributed by atoms with E-state index in [0.29, 0.717) is 12.8 Å². The van der Waals surface area contributed by atoms with Gasteiger partial charge in [0, 0.05) is 6.54 Å². The average molecular weight is 617 g/mol. The van der Waals surface area contributed by atoms with E-state index in [-0.39, 0.29) is 19.6 Å². The fourth-order valence-electron chi connectivity index (χ4n) is 4.25. The summed E-state index contributed by atoms with van der Waals surface area (Å²) in [5.74, 6) is -0.496. The Kier molecular flexibility index (Phi) is 27.6. The van der Waals surface area contributed by atoms with Gasteiger partial charge in [0.1, 0.15) is 0 Å². The predicted octanol–water partition coefficient (Wildman–Crippen LogP) is 6.63. The van der Waals surface area contributed by atoms with Crippen LogP contribution in [-0.2, 0) is 18.4 Å². The lowest BCUT2D eigenvalue weighted by Gasteiger charge is -2.23. The van der Waals surface area contributed by atoms with Crippen LogP contribution in [-0.4, -0.2) is 59.0 Å². The zero-order valence-electron chi connectivity index (χ0n) is 26.3. The van der Waals surface area contributed by atoms with Gasteiger partial charge in [-0.2, -0.15) is 0 Å². The zero-order chi connectivity index (χ0) is 31.3. The van der Waals surface area contributed by atoms with E-state index >= 15 is 0 Å². The molecule has 0 aromatic heterocycles. The van der Waals surface area contributed by atoms with Crippen LogP contribution in [0.4, 0.5) is 0 Å². The number of carbonyl (C=O) groups excluding carboxylic acids is 1. The molecule has 0 aliphatic heterocycles. The van der Waals surface area contributed by atoms with Crippen LogP contribution in [0.25, 0.3) is 0 Å². The summed E-state index contributed by atoms with van der Waals surface area (Å²) in [5, 5.41) is 23.6. The second kappa shape index (κ2) is 28.5. The Morgan fingerprint density at radius 1 is 0.810 bits per heavy atom. The monoisotopic (exact) mass is 616 g/mol. The van der Waals surface area contributed by atoms with E-state index in [1.165, 1.54) is 64.2 Å². The van der Waals surface area contributed by atoms with E-state index in [9.17, 15) is 24.5 Å². The summed E-state index contributed by atoms with van der Waals surface area (Å²) in [6.45, 7) is 3.81. The molecule has 4 unspecified atom stereocenters. The number of unbranched alkanes of at least 4 members (excludes halogenated alkanes) is 12. The van der Waals surface area contributed by atoms with E-state index in [2.05, 4.69) is 31.3 Å². The molecule has 0 spiro atoms. The summed E-state index contributed by atoms with van der Waals surface area (Å²) < 4.78 is 21.8. The number of nitrogens with two attached hydrogens (primary N) is 1. The maximum absolute atomic E-state index is 12.6. The van der Waals surface area contributed by atoms with Crippen LogP contribution in [0.5, 0.6) is 0 Å². The first-order valence-corrected chi connectivity index (χ1v) is 17.7. The summed E-state index contributed by atoms with van der Waals surface area (Å²) in [7, 11) is -4.40. The highest BCUT2D eigenvalue weighted by Gasteiger charge is 2.27. The Balaban J connectivity index is 4.68. The molecular formula is C32H61N2O7P. The summed E-state index contributed by atoms with van der Waals surface area (Å²) >= 11 is 0. The van der Waals surface area contributed by atoms with Crippen LogP contribution >= 0.6 is 7.82 Å². The lowest BCUT2D eigenvalue weighted by molar-refractivity contribution is -0.124. The fraction of sp³-hybridized carbons (Fsp3) is 0.781. The number of phosphoric acid groups is 1. The van der Waals surface area contributed by atoms with Gasteiger partial charge in [0.15, 0.2) is 0 Å². The van der Waals surface area contributed by atoms with Crippen molar-refractivity contribution >= 4 is 13.7 Å². The van der Waals surface area contributed by atoms with Gasteiger partial charge in [-0.05, 0) is 44.9 Å². The zero-order valence-corrected chi connectivity index (χ0v) is 27.2. The molecule has 42 heavy (non-hydrogen) atoms. The Labute approximate surface area is 255 Å². The van der Waals surface area contributed by atoms with E-state index in [1.54, 1.807) is 6.08 Å². The van der Waals surface area contributed by atoms with Crippen molar-refractivity contribution in [2.45, 2.75) is 141 Å². The van der Waals surface area contributed by atoms with Gasteiger partial charge in [-0.15, -0.1) is 0 Å². The van der Waals surface area contributed by atoms with E-state index in [0.717, 1.165) is 25.7 Å². The van der Waals surface area contributed by atoms with Gasteiger partial charge >= 0.3 is 7.82 Å². The maximum atomic E-state index is 12.6. The van der Waals surface area contributed by atoms with Gasteiger partial charge in [-0.3, -0.25) is 13.8 Å². The molecule has 246 valence electrons. The number of carbonyl (C=O) groups is 1. The summed E-state index contributed by atoms with van der Waals surface area (Å²) in [4.78, 5) is 22.4. The van der Waals surface area contributed by atoms with Crippen molar-refractivity contribution < 1.29 is 33.5 Å². The van der Waals surface area contributed by atoms with Crippen molar-refractivity contribution in [3.05, 3.63) is 36.5 Å². The number of allylic oxidation sites excluding steroid dienone is 4. The lowest BCUT2D eigenvalue weighted by atomic mass is 10.1. The molecule has 0 saturated heterocycles. The molecule has 0 heterocycles. The number of hydrogen-bond donors (Lipinski definition) is 5. The molecule has 6 N–H and O–H groups in total. The Morgan fingerprint density at radius 2 is 1.36 bits per heavy atom. The molecule has 0 aliphatic rings. The fourth-order valence-corrected chi connectivity index (χ4v) is 5.01. The van der Waals surface area contributed by atoms with Gasteiger partial charge < -0.3 is 26.2 Å². The highest BCUT2D eigenvalue weighted by molar-refractivity contribution is 7.47. The largest absolute Gasteiger partial charge is 0.472 e. The molecule has 0 aliphatic carbocycles. The molecule has 0 aromatic rings. The molecule has 0 radical (unpaired) electrons. The second-order valence-electron chi connectivity index (χ2n) is 10.9. The van der Waals surface area contributed by atoms with Crippen molar-refractivity contribution in [1.29, 1.82) is 0 Å². The van der Waals surface area contributed by atoms with Crippen LogP contribution in [0.3, 0.4) is 0 Å². The molecule has 0 saturated carbocycles. The van der Waals surface area contributed by atoms with Gasteiger partial charge in [0.2, 0.25) is 5.91 Å². The number of nitrogens with one attached hydrogen (secondary N) is 1. The van der Waals surface area contributed by atoms with E-state index in [4.69, 9.17) is 14.8 Å². The molecule has 9 nitrogen and oxygen atoms in total. The van der Waals surface area contributed by atoms with Crippen molar-refractivity contribution in [3.8, 4) is 0 Å². The first-order valence-electron chi connectivity index (χ1n) is 16.2. The molecule has 0 aromatic carbocycles. The highest BCUT2D eigenvalue weighted by Crippen LogP contribution is 2.43. The van der Waals surface area contributed by atoms with Gasteiger partial charge in [-0.25, -0.2) is 4.57 Å². The first-order chi connectivity index (χ1) is 20.3. The van der Waals surface area contributed by atoms with E-state index < -0.39 is 38.6 Å². The van der Waals surface area contributed by atoms with Crippen LogP contribution in [0.15, 0.2) is 36.5 Å².